The summed E-state index contributed by atoms with van der Waals surface area (Å²) >= 11 is 0. The van der Waals surface area contributed by atoms with Crippen LogP contribution in [0.4, 0.5) is 0 Å². The highest BCUT2D eigenvalue weighted by molar-refractivity contribution is 7.89. The molecule has 1 amide bonds. The zero-order valence-electron chi connectivity index (χ0n) is 13.6. The molecular weight excluding hydrogens is 316 g/mol. The van der Waals surface area contributed by atoms with E-state index in [-0.39, 0.29) is 29.3 Å². The summed E-state index contributed by atoms with van der Waals surface area (Å²) in [5.41, 5.74) is 0.835. The van der Waals surface area contributed by atoms with E-state index < -0.39 is 10.0 Å². The first-order chi connectivity index (χ1) is 10.8. The van der Waals surface area contributed by atoms with Gasteiger partial charge < -0.3 is 9.64 Å². The summed E-state index contributed by atoms with van der Waals surface area (Å²) in [6.07, 6.45) is 1.23. The quantitative estimate of drug-likeness (QED) is 0.878. The Balaban J connectivity index is 1.77. The molecule has 1 heterocycles. The summed E-state index contributed by atoms with van der Waals surface area (Å²) in [7, 11) is -2.29. The number of sulfonamides is 1. The van der Waals surface area contributed by atoms with Gasteiger partial charge in [-0.1, -0.05) is 13.0 Å². The molecule has 3 rings (SSSR count). The Morgan fingerprint density at radius 3 is 2.65 bits per heavy atom. The van der Waals surface area contributed by atoms with Crippen molar-refractivity contribution in [2.75, 3.05) is 13.7 Å². The Labute approximate surface area is 136 Å². The molecule has 2 fully saturated rings. The monoisotopic (exact) mass is 338 g/mol. The largest absolute Gasteiger partial charge is 0.495 e. The van der Waals surface area contributed by atoms with Gasteiger partial charge in [-0.3, -0.25) is 4.79 Å². The number of hydrogen-bond donors (Lipinski definition) is 1. The number of aryl methyl sites for hydroxylation is 1. The Hall–Kier alpha value is -1.60. The molecule has 0 aromatic heterocycles. The van der Waals surface area contributed by atoms with Crippen LogP contribution in [0.25, 0.3) is 0 Å². The number of ether oxygens (including phenoxy) is 1. The van der Waals surface area contributed by atoms with Crippen LogP contribution in [0.15, 0.2) is 23.1 Å². The van der Waals surface area contributed by atoms with Crippen molar-refractivity contribution < 1.29 is 17.9 Å². The van der Waals surface area contributed by atoms with Crippen LogP contribution in [-0.4, -0.2) is 45.0 Å². The molecule has 1 saturated heterocycles. The van der Waals surface area contributed by atoms with E-state index >= 15 is 0 Å². The van der Waals surface area contributed by atoms with E-state index in [9.17, 15) is 13.2 Å². The van der Waals surface area contributed by atoms with E-state index in [4.69, 9.17) is 4.74 Å². The van der Waals surface area contributed by atoms with E-state index in [2.05, 4.69) is 11.6 Å². The minimum Gasteiger partial charge on any atom is -0.495 e. The SMILES string of the molecule is COc1ccc(C)cc1S(=O)(=O)N[C@@H]1CC(=O)N([C@H]2C[C@@H]2C)C1. The van der Waals surface area contributed by atoms with Crippen molar-refractivity contribution in [2.24, 2.45) is 5.92 Å². The van der Waals surface area contributed by atoms with E-state index in [1.165, 1.54) is 7.11 Å². The molecule has 1 aliphatic carbocycles. The average Bonchev–Trinajstić information content (AvgIpc) is 3.09. The number of nitrogens with one attached hydrogen (secondary N) is 1. The van der Waals surface area contributed by atoms with Crippen LogP contribution >= 0.6 is 0 Å². The number of benzene rings is 1. The molecule has 0 bridgehead atoms. The van der Waals surface area contributed by atoms with E-state index in [0.29, 0.717) is 18.2 Å². The predicted molar refractivity (Wildman–Crippen MR) is 85.7 cm³/mol. The molecule has 1 aliphatic heterocycles. The molecule has 1 saturated carbocycles. The lowest BCUT2D eigenvalue weighted by Crippen LogP contribution is -2.38. The summed E-state index contributed by atoms with van der Waals surface area (Å²) in [5, 5.41) is 0. The number of amides is 1. The van der Waals surface area contributed by atoms with E-state index in [0.717, 1.165) is 12.0 Å². The Kier molecular flexibility index (Phi) is 4.10. The second-order valence-corrected chi connectivity index (χ2v) is 8.19. The summed E-state index contributed by atoms with van der Waals surface area (Å²) in [4.78, 5) is 14.0. The third kappa shape index (κ3) is 3.21. The summed E-state index contributed by atoms with van der Waals surface area (Å²) < 4.78 is 33.1. The van der Waals surface area contributed by atoms with Crippen molar-refractivity contribution in [3.8, 4) is 5.75 Å². The van der Waals surface area contributed by atoms with E-state index in [1.807, 2.05) is 11.8 Å². The Morgan fingerprint density at radius 1 is 1.35 bits per heavy atom. The van der Waals surface area contributed by atoms with Gasteiger partial charge in [-0.05, 0) is 37.0 Å². The predicted octanol–water partition coefficient (Wildman–Crippen LogP) is 1.29. The van der Waals surface area contributed by atoms with Crippen LogP contribution in [0.5, 0.6) is 5.75 Å². The number of likely N-dealkylation sites (tertiary alicyclic amines) is 1. The highest BCUT2D eigenvalue weighted by atomic mass is 32.2. The first-order valence-electron chi connectivity index (χ1n) is 7.78. The smallest absolute Gasteiger partial charge is 0.244 e. The zero-order valence-corrected chi connectivity index (χ0v) is 14.4. The summed E-state index contributed by atoms with van der Waals surface area (Å²) in [6.45, 7) is 4.38. The van der Waals surface area contributed by atoms with Crippen molar-refractivity contribution in [3.05, 3.63) is 23.8 Å². The van der Waals surface area contributed by atoms with Crippen molar-refractivity contribution >= 4 is 15.9 Å². The first-order valence-corrected chi connectivity index (χ1v) is 9.26. The normalized spacial score (nSPS) is 27.3. The molecule has 6 nitrogen and oxygen atoms in total. The molecule has 23 heavy (non-hydrogen) atoms. The minimum atomic E-state index is -3.73. The number of hydrogen-bond acceptors (Lipinski definition) is 4. The summed E-state index contributed by atoms with van der Waals surface area (Å²) in [6, 6.07) is 4.92. The molecule has 0 radical (unpaired) electrons. The number of carbonyl (C=O) groups is 1. The van der Waals surface area contributed by atoms with Gasteiger partial charge in [0.2, 0.25) is 15.9 Å². The fraction of sp³-hybridized carbons (Fsp3) is 0.562. The molecule has 3 atom stereocenters. The number of nitrogens with zero attached hydrogens (tertiary/aromatic N) is 1. The second kappa shape index (κ2) is 5.79. The van der Waals surface area contributed by atoms with Crippen molar-refractivity contribution in [2.45, 2.75) is 43.7 Å². The van der Waals surface area contributed by atoms with Gasteiger partial charge in [0, 0.05) is 25.0 Å². The first kappa shape index (κ1) is 16.3. The lowest BCUT2D eigenvalue weighted by atomic mass is 10.2. The third-order valence-corrected chi connectivity index (χ3v) is 6.10. The number of methoxy groups -OCH3 is 1. The van der Waals surface area contributed by atoms with Gasteiger partial charge >= 0.3 is 0 Å². The van der Waals surface area contributed by atoms with Gasteiger partial charge in [0.15, 0.2) is 0 Å². The Morgan fingerprint density at radius 2 is 2.04 bits per heavy atom. The maximum atomic E-state index is 12.7. The molecular formula is C16H22N2O4S. The van der Waals surface area contributed by atoms with E-state index in [1.54, 1.807) is 18.2 Å². The second-order valence-electron chi connectivity index (χ2n) is 6.50. The van der Waals surface area contributed by atoms with Gasteiger partial charge in [0.1, 0.15) is 10.6 Å². The fourth-order valence-corrected chi connectivity index (χ4v) is 4.63. The van der Waals surface area contributed by atoms with Gasteiger partial charge in [-0.25, -0.2) is 13.1 Å². The van der Waals surface area contributed by atoms with Crippen molar-refractivity contribution in [3.63, 3.8) is 0 Å². The molecule has 2 aliphatic rings. The highest BCUT2D eigenvalue weighted by Gasteiger charge is 2.45. The van der Waals surface area contributed by atoms with Crippen LogP contribution in [0.1, 0.15) is 25.3 Å². The van der Waals surface area contributed by atoms with Gasteiger partial charge in [-0.2, -0.15) is 0 Å². The average molecular weight is 338 g/mol. The molecule has 0 unspecified atom stereocenters. The maximum Gasteiger partial charge on any atom is 0.244 e. The fourth-order valence-electron chi connectivity index (χ4n) is 3.14. The lowest BCUT2D eigenvalue weighted by molar-refractivity contribution is -0.128. The highest BCUT2D eigenvalue weighted by Crippen LogP contribution is 2.37. The minimum absolute atomic E-state index is 0.0308. The Bertz CT molecular complexity index is 732. The number of rotatable bonds is 5. The van der Waals surface area contributed by atoms with Crippen LogP contribution in [0.2, 0.25) is 0 Å². The molecule has 0 spiro atoms. The standard InChI is InChI=1S/C16H22N2O4S/c1-10-4-5-14(22-3)15(6-10)23(20,21)17-12-8-16(19)18(9-12)13-7-11(13)2/h4-6,11-13,17H,7-9H2,1-3H3/t11-,12+,13-/m0/s1. The van der Waals surface area contributed by atoms with Gasteiger partial charge in [0.25, 0.3) is 0 Å². The maximum absolute atomic E-state index is 12.7. The van der Waals surface area contributed by atoms with Gasteiger partial charge in [-0.15, -0.1) is 0 Å². The lowest BCUT2D eigenvalue weighted by Gasteiger charge is -2.17. The third-order valence-electron chi connectivity index (χ3n) is 4.56. The summed E-state index contributed by atoms with van der Waals surface area (Å²) in [5.74, 6) is 0.856. The molecule has 1 N–H and O–H groups in total. The molecule has 7 heteroatoms. The van der Waals surface area contributed by atoms with Gasteiger partial charge in [0.05, 0.1) is 7.11 Å². The molecule has 1 aromatic carbocycles. The van der Waals surface area contributed by atoms with Crippen LogP contribution < -0.4 is 9.46 Å². The number of carbonyl (C=O) groups excluding carboxylic acids is 1. The van der Waals surface area contributed by atoms with Crippen molar-refractivity contribution in [1.29, 1.82) is 0 Å². The molecule has 1 aromatic rings. The molecule has 126 valence electrons. The topological polar surface area (TPSA) is 75.7 Å². The van der Waals surface area contributed by atoms with Crippen LogP contribution in [-0.2, 0) is 14.8 Å². The zero-order chi connectivity index (χ0) is 16.8. The van der Waals surface area contributed by atoms with Crippen molar-refractivity contribution in [1.82, 2.24) is 9.62 Å². The van der Waals surface area contributed by atoms with Crippen LogP contribution in [0, 0.1) is 12.8 Å². The van der Waals surface area contributed by atoms with Crippen LogP contribution in [0.3, 0.4) is 0 Å².